The summed E-state index contributed by atoms with van der Waals surface area (Å²) in [6.45, 7) is 3.74. The first-order valence-electron chi connectivity index (χ1n) is 11.0. The molecule has 2 aliphatic rings. The van der Waals surface area contributed by atoms with E-state index in [0.29, 0.717) is 0 Å². The standard InChI is InChI=1S/C27H24N2O5S2/c1-21-7-11-25(12-8-21)35(31,32)28-17-3-5-23(15-19-28)27(30)24-6-4-18-29(20-16-24)36(33,34)26-13-9-22(2)10-14-26/h3-20H,1-2H3. The second kappa shape index (κ2) is 9.96. The van der Waals surface area contributed by atoms with Crippen LogP contribution in [0.3, 0.4) is 0 Å². The number of carbonyl (C=O) groups excluding carboxylic acids is 1. The first kappa shape index (κ1) is 25.2. The van der Waals surface area contributed by atoms with Crippen molar-refractivity contribution >= 4 is 25.8 Å². The lowest BCUT2D eigenvalue weighted by Gasteiger charge is -2.15. The molecule has 0 atom stereocenters. The van der Waals surface area contributed by atoms with Crippen LogP contribution in [0.15, 0.2) is 131 Å². The Labute approximate surface area is 211 Å². The SMILES string of the molecule is Cc1ccc(S(=O)(=O)N2C=CC=C(C(=O)C3=CC=CN(S(=O)(=O)c4ccc(C)cc4)C=C3)C=C2)cc1. The van der Waals surface area contributed by atoms with E-state index in [1.807, 2.05) is 13.8 Å². The predicted molar refractivity (Wildman–Crippen MR) is 138 cm³/mol. The lowest BCUT2D eigenvalue weighted by molar-refractivity contribution is -0.111. The van der Waals surface area contributed by atoms with E-state index in [-0.39, 0.29) is 26.7 Å². The molecular weight excluding hydrogens is 496 g/mol. The van der Waals surface area contributed by atoms with Crippen LogP contribution < -0.4 is 0 Å². The summed E-state index contributed by atoms with van der Waals surface area (Å²) < 4.78 is 53.9. The molecule has 0 spiro atoms. The van der Waals surface area contributed by atoms with E-state index in [1.54, 1.807) is 24.3 Å². The van der Waals surface area contributed by atoms with Crippen LogP contribution in [0.5, 0.6) is 0 Å². The molecule has 2 aromatic rings. The fourth-order valence-corrected chi connectivity index (χ4v) is 5.79. The Kier molecular flexibility index (Phi) is 6.96. The molecule has 9 heteroatoms. The van der Waals surface area contributed by atoms with Crippen LogP contribution in [0, 0.1) is 13.8 Å². The highest BCUT2D eigenvalue weighted by molar-refractivity contribution is 7.89. The molecule has 7 nitrogen and oxygen atoms in total. The van der Waals surface area contributed by atoms with Crippen molar-refractivity contribution in [3.63, 3.8) is 0 Å². The Morgan fingerprint density at radius 3 is 1.31 bits per heavy atom. The zero-order chi connectivity index (χ0) is 25.9. The third kappa shape index (κ3) is 5.17. The number of nitrogens with zero attached hydrogens (tertiary/aromatic N) is 2. The van der Waals surface area contributed by atoms with Crippen molar-refractivity contribution in [2.45, 2.75) is 23.6 Å². The Bertz CT molecular complexity index is 1450. The van der Waals surface area contributed by atoms with E-state index in [2.05, 4.69) is 0 Å². The van der Waals surface area contributed by atoms with Gasteiger partial charge in [0.15, 0.2) is 5.78 Å². The van der Waals surface area contributed by atoms with Gasteiger partial charge in [-0.2, -0.15) is 0 Å². The highest BCUT2D eigenvalue weighted by atomic mass is 32.2. The van der Waals surface area contributed by atoms with Crippen molar-refractivity contribution < 1.29 is 21.6 Å². The average molecular weight is 521 g/mol. The molecule has 2 heterocycles. The number of benzene rings is 2. The largest absolute Gasteiger partial charge is 0.289 e. The summed E-state index contributed by atoms with van der Waals surface area (Å²) >= 11 is 0. The highest BCUT2D eigenvalue weighted by Crippen LogP contribution is 2.23. The molecule has 36 heavy (non-hydrogen) atoms. The van der Waals surface area contributed by atoms with E-state index in [0.717, 1.165) is 19.7 Å². The minimum Gasteiger partial charge on any atom is -0.289 e. The van der Waals surface area contributed by atoms with Crippen molar-refractivity contribution in [3.05, 3.63) is 132 Å². The summed E-state index contributed by atoms with van der Waals surface area (Å²) in [6, 6.07) is 13.0. The minimum atomic E-state index is -3.83. The number of aryl methyl sites for hydroxylation is 2. The van der Waals surface area contributed by atoms with Crippen molar-refractivity contribution in [1.29, 1.82) is 0 Å². The van der Waals surface area contributed by atoms with Crippen LogP contribution in [0.4, 0.5) is 0 Å². The Balaban J connectivity index is 1.52. The Hall–Kier alpha value is -3.95. The number of sulfonamides is 2. The number of hydrogen-bond donors (Lipinski definition) is 0. The van der Waals surface area contributed by atoms with Crippen molar-refractivity contribution in [2.24, 2.45) is 0 Å². The molecule has 4 rings (SSSR count). The molecular formula is C27H24N2O5S2. The normalized spacial score (nSPS) is 15.8. The molecule has 0 amide bonds. The maximum atomic E-state index is 13.1. The van der Waals surface area contributed by atoms with Gasteiger partial charge in [-0.05, 0) is 74.6 Å². The topological polar surface area (TPSA) is 91.8 Å². The average Bonchev–Trinajstić information content (AvgIpc) is 3.26. The fraction of sp³-hybridized carbons (Fsp3) is 0.0741. The van der Waals surface area contributed by atoms with Gasteiger partial charge in [-0.1, -0.05) is 35.4 Å². The van der Waals surface area contributed by atoms with Gasteiger partial charge in [0.05, 0.1) is 9.79 Å². The summed E-state index contributed by atoms with van der Waals surface area (Å²) in [5.41, 5.74) is 2.36. The molecule has 0 saturated heterocycles. The Morgan fingerprint density at radius 2 is 0.944 bits per heavy atom. The van der Waals surface area contributed by atoms with Gasteiger partial charge in [-0.25, -0.2) is 25.4 Å². The van der Waals surface area contributed by atoms with E-state index in [9.17, 15) is 21.6 Å². The number of hydrogen-bond acceptors (Lipinski definition) is 5. The van der Waals surface area contributed by atoms with Crippen molar-refractivity contribution in [2.75, 3.05) is 0 Å². The molecule has 0 saturated carbocycles. The van der Waals surface area contributed by atoms with Crippen LogP contribution in [0.1, 0.15) is 11.1 Å². The number of Topliss-reactive ketones (excluding diaryl/α,β-unsaturated/α-hetero) is 1. The summed E-state index contributed by atoms with van der Waals surface area (Å²) in [7, 11) is -7.67. The second-order valence-corrected chi connectivity index (χ2v) is 11.9. The van der Waals surface area contributed by atoms with Crippen LogP contribution in [-0.2, 0) is 24.8 Å². The van der Waals surface area contributed by atoms with E-state index < -0.39 is 20.0 Å². The summed E-state index contributed by atoms with van der Waals surface area (Å²) in [4.78, 5) is 13.4. The molecule has 0 aromatic heterocycles. The van der Waals surface area contributed by atoms with Gasteiger partial charge in [-0.15, -0.1) is 0 Å². The third-order valence-electron chi connectivity index (χ3n) is 5.54. The molecule has 184 valence electrons. The monoisotopic (exact) mass is 520 g/mol. The molecule has 0 fully saturated rings. The van der Waals surface area contributed by atoms with Gasteiger partial charge in [0.25, 0.3) is 20.0 Å². The number of allylic oxidation sites excluding steroid dienone is 8. The van der Waals surface area contributed by atoms with Crippen LogP contribution >= 0.6 is 0 Å². The molecule has 0 radical (unpaired) electrons. The molecule has 0 bridgehead atoms. The molecule has 0 unspecified atom stereocenters. The summed E-state index contributed by atoms with van der Waals surface area (Å²) in [5.74, 6) is -0.388. The van der Waals surface area contributed by atoms with Crippen molar-refractivity contribution in [3.8, 4) is 0 Å². The summed E-state index contributed by atoms with van der Waals surface area (Å²) in [6.07, 6.45) is 14.1. The van der Waals surface area contributed by atoms with Gasteiger partial charge in [0.2, 0.25) is 0 Å². The zero-order valence-electron chi connectivity index (χ0n) is 19.6. The first-order chi connectivity index (χ1) is 17.1. The van der Waals surface area contributed by atoms with Gasteiger partial charge >= 0.3 is 0 Å². The lowest BCUT2D eigenvalue weighted by atomic mass is 10.0. The van der Waals surface area contributed by atoms with E-state index in [4.69, 9.17) is 0 Å². The molecule has 2 aliphatic heterocycles. The van der Waals surface area contributed by atoms with E-state index >= 15 is 0 Å². The lowest BCUT2D eigenvalue weighted by Crippen LogP contribution is -2.20. The molecule has 2 aromatic carbocycles. The molecule has 0 aliphatic carbocycles. The van der Waals surface area contributed by atoms with Crippen LogP contribution in [0.25, 0.3) is 0 Å². The maximum absolute atomic E-state index is 13.1. The fourth-order valence-electron chi connectivity index (χ4n) is 3.43. The summed E-state index contributed by atoms with van der Waals surface area (Å²) in [5, 5.41) is 0. The number of rotatable bonds is 6. The van der Waals surface area contributed by atoms with Gasteiger partial charge in [-0.3, -0.25) is 4.79 Å². The van der Waals surface area contributed by atoms with E-state index in [1.165, 1.54) is 85.5 Å². The minimum absolute atomic E-state index is 0.131. The quantitative estimate of drug-likeness (QED) is 0.560. The first-order valence-corrected chi connectivity index (χ1v) is 13.9. The van der Waals surface area contributed by atoms with Gasteiger partial charge in [0.1, 0.15) is 0 Å². The number of ketones is 1. The van der Waals surface area contributed by atoms with Crippen LogP contribution in [0.2, 0.25) is 0 Å². The predicted octanol–water partition coefficient (Wildman–Crippen LogP) is 4.49. The van der Waals surface area contributed by atoms with Gasteiger partial charge in [0, 0.05) is 35.9 Å². The second-order valence-electron chi connectivity index (χ2n) is 8.18. The highest BCUT2D eigenvalue weighted by Gasteiger charge is 2.23. The Morgan fingerprint density at radius 1 is 0.583 bits per heavy atom. The third-order valence-corrected chi connectivity index (χ3v) is 8.87. The zero-order valence-corrected chi connectivity index (χ0v) is 21.3. The number of carbonyl (C=O) groups is 1. The maximum Gasteiger partial charge on any atom is 0.267 e. The van der Waals surface area contributed by atoms with Crippen molar-refractivity contribution in [1.82, 2.24) is 8.61 Å². The van der Waals surface area contributed by atoms with Gasteiger partial charge < -0.3 is 0 Å². The van der Waals surface area contributed by atoms with Crippen LogP contribution in [-0.4, -0.2) is 31.2 Å². The smallest absolute Gasteiger partial charge is 0.267 e. The molecule has 0 N–H and O–H groups in total.